The summed E-state index contributed by atoms with van der Waals surface area (Å²) in [6.45, 7) is 6.73. The number of hydrogen-bond acceptors (Lipinski definition) is 6. The minimum Gasteiger partial charge on any atom is -0.426 e. The number of rotatable bonds is 37. The summed E-state index contributed by atoms with van der Waals surface area (Å²) in [5.74, 6) is -0.276. The van der Waals surface area contributed by atoms with E-state index in [-0.39, 0.29) is 35.2 Å². The van der Waals surface area contributed by atoms with Crippen molar-refractivity contribution in [1.82, 2.24) is 0 Å². The molecule has 0 heterocycles. The molecule has 0 amide bonds. The molecule has 52 heavy (non-hydrogen) atoms. The Bertz CT molecular complexity index is 946. The van der Waals surface area contributed by atoms with Crippen molar-refractivity contribution in [3.05, 3.63) is 18.2 Å². The molecule has 1 aromatic rings. The Hall–Kier alpha value is -2.37. The standard InChI is InChI=1S/C46H80O6/c1-4-7-10-13-16-19-21-24-27-30-33-36-45(48)51-42-38-41(50-44(47)35-32-29-26-23-18-15-12-9-6-3)39-43(40-42)52-46(49)37-34-31-28-25-22-20-17-14-11-8-5-2/h38-40H,4-37H2,1-3H3. The number of benzene rings is 1. The van der Waals surface area contributed by atoms with Gasteiger partial charge < -0.3 is 14.2 Å². The van der Waals surface area contributed by atoms with E-state index < -0.39 is 0 Å². The molecule has 0 spiro atoms. The Labute approximate surface area is 320 Å². The molecule has 0 atom stereocenters. The maximum Gasteiger partial charge on any atom is 0.311 e. The van der Waals surface area contributed by atoms with Crippen molar-refractivity contribution in [2.24, 2.45) is 0 Å². The first-order valence-corrected chi connectivity index (χ1v) is 22.3. The fourth-order valence-electron chi connectivity index (χ4n) is 6.72. The molecule has 0 N–H and O–H groups in total. The molecule has 0 saturated carbocycles. The Morgan fingerprint density at radius 1 is 0.308 bits per heavy atom. The summed E-state index contributed by atoms with van der Waals surface area (Å²) in [5.41, 5.74) is 0. The van der Waals surface area contributed by atoms with Crippen LogP contribution in [0.25, 0.3) is 0 Å². The third-order valence-electron chi connectivity index (χ3n) is 10.0. The van der Waals surface area contributed by atoms with Gasteiger partial charge in [0.25, 0.3) is 0 Å². The molecule has 0 saturated heterocycles. The molecule has 6 heteroatoms. The fourth-order valence-corrected chi connectivity index (χ4v) is 6.72. The van der Waals surface area contributed by atoms with E-state index in [1.54, 1.807) is 18.2 Å². The van der Waals surface area contributed by atoms with Gasteiger partial charge in [-0.25, -0.2) is 0 Å². The molecule has 0 aromatic heterocycles. The lowest BCUT2D eigenvalue weighted by atomic mass is 10.1. The van der Waals surface area contributed by atoms with Crippen LogP contribution in [-0.4, -0.2) is 17.9 Å². The molecule has 6 nitrogen and oxygen atoms in total. The van der Waals surface area contributed by atoms with E-state index in [4.69, 9.17) is 14.2 Å². The van der Waals surface area contributed by atoms with Crippen molar-refractivity contribution in [2.45, 2.75) is 239 Å². The predicted octanol–water partition coefficient (Wildman–Crippen LogP) is 14.7. The Balaban J connectivity index is 2.53. The van der Waals surface area contributed by atoms with Crippen molar-refractivity contribution in [3.8, 4) is 17.2 Å². The van der Waals surface area contributed by atoms with Crippen molar-refractivity contribution in [2.75, 3.05) is 0 Å². The Morgan fingerprint density at radius 3 is 0.673 bits per heavy atom. The van der Waals surface area contributed by atoms with Crippen molar-refractivity contribution in [1.29, 1.82) is 0 Å². The highest BCUT2D eigenvalue weighted by atomic mass is 16.6. The van der Waals surface area contributed by atoms with Gasteiger partial charge in [0.05, 0.1) is 0 Å². The minimum atomic E-state index is -0.328. The SMILES string of the molecule is CCCCCCCCCCCCCC(=O)Oc1cc(OC(=O)CCCCCCCCCCC)cc(OC(=O)CCCCCCCCCCCCC)c1. The number of hydrogen-bond donors (Lipinski definition) is 0. The summed E-state index contributed by atoms with van der Waals surface area (Å²) in [7, 11) is 0. The maximum absolute atomic E-state index is 12.7. The lowest BCUT2D eigenvalue weighted by molar-refractivity contribution is -0.135. The molecular weight excluding hydrogens is 648 g/mol. The summed E-state index contributed by atoms with van der Waals surface area (Å²) >= 11 is 0. The minimum absolute atomic E-state index is 0.235. The van der Waals surface area contributed by atoms with E-state index >= 15 is 0 Å². The molecule has 0 bridgehead atoms. The van der Waals surface area contributed by atoms with Crippen LogP contribution in [0.1, 0.15) is 239 Å². The molecule has 0 fully saturated rings. The van der Waals surface area contributed by atoms with Crippen LogP contribution in [0.4, 0.5) is 0 Å². The van der Waals surface area contributed by atoms with Crippen LogP contribution < -0.4 is 14.2 Å². The van der Waals surface area contributed by atoms with Crippen LogP contribution in [0, 0.1) is 0 Å². The van der Waals surface area contributed by atoms with E-state index in [9.17, 15) is 14.4 Å². The van der Waals surface area contributed by atoms with Crippen LogP contribution in [0.5, 0.6) is 17.2 Å². The van der Waals surface area contributed by atoms with Gasteiger partial charge in [-0.2, -0.15) is 0 Å². The largest absolute Gasteiger partial charge is 0.426 e. The summed E-state index contributed by atoms with van der Waals surface area (Å²) in [6, 6.07) is 4.65. The van der Waals surface area contributed by atoms with Crippen LogP contribution in [0.3, 0.4) is 0 Å². The molecule has 1 rings (SSSR count). The second kappa shape index (κ2) is 35.6. The first-order valence-electron chi connectivity index (χ1n) is 22.3. The highest BCUT2D eigenvalue weighted by Crippen LogP contribution is 2.29. The van der Waals surface area contributed by atoms with Crippen LogP contribution in [-0.2, 0) is 14.4 Å². The van der Waals surface area contributed by atoms with Gasteiger partial charge >= 0.3 is 17.9 Å². The number of ether oxygens (including phenoxy) is 3. The Kier molecular flexibility index (Phi) is 32.7. The second-order valence-corrected chi connectivity index (χ2v) is 15.2. The smallest absolute Gasteiger partial charge is 0.311 e. The van der Waals surface area contributed by atoms with Gasteiger partial charge in [-0.15, -0.1) is 0 Å². The number of carbonyl (C=O) groups excluding carboxylic acids is 3. The van der Waals surface area contributed by atoms with Gasteiger partial charge in [0.15, 0.2) is 0 Å². The van der Waals surface area contributed by atoms with Crippen LogP contribution >= 0.6 is 0 Å². The number of unbranched alkanes of at least 4 members (excludes halogenated alkanes) is 28. The molecule has 0 aliphatic heterocycles. The van der Waals surface area contributed by atoms with E-state index in [2.05, 4.69) is 20.8 Å². The third kappa shape index (κ3) is 30.1. The average molecular weight is 729 g/mol. The molecule has 0 radical (unpaired) electrons. The van der Waals surface area contributed by atoms with Gasteiger partial charge in [-0.1, -0.05) is 201 Å². The monoisotopic (exact) mass is 729 g/mol. The molecular formula is C46H80O6. The van der Waals surface area contributed by atoms with Gasteiger partial charge in [-0.05, 0) is 19.3 Å². The Morgan fingerprint density at radius 2 is 0.481 bits per heavy atom. The summed E-state index contributed by atoms with van der Waals surface area (Å²) < 4.78 is 17.0. The van der Waals surface area contributed by atoms with Gasteiger partial charge in [0, 0.05) is 37.5 Å². The zero-order valence-corrected chi connectivity index (χ0v) is 34.2. The lowest BCUT2D eigenvalue weighted by Gasteiger charge is -2.11. The van der Waals surface area contributed by atoms with E-state index in [0.29, 0.717) is 19.3 Å². The molecule has 1 aromatic carbocycles. The predicted molar refractivity (Wildman–Crippen MR) is 217 cm³/mol. The first-order chi connectivity index (χ1) is 25.5. The molecule has 0 aliphatic rings. The van der Waals surface area contributed by atoms with E-state index in [0.717, 1.165) is 57.8 Å². The van der Waals surface area contributed by atoms with E-state index in [1.165, 1.54) is 141 Å². The number of esters is 3. The lowest BCUT2D eigenvalue weighted by Crippen LogP contribution is -2.11. The second-order valence-electron chi connectivity index (χ2n) is 15.2. The van der Waals surface area contributed by atoms with Crippen molar-refractivity contribution < 1.29 is 28.6 Å². The van der Waals surface area contributed by atoms with Gasteiger partial charge in [0.1, 0.15) is 17.2 Å². The average Bonchev–Trinajstić information content (AvgIpc) is 3.12. The fraction of sp³-hybridized carbons (Fsp3) is 0.804. The van der Waals surface area contributed by atoms with E-state index in [1.807, 2.05) is 0 Å². The quantitative estimate of drug-likeness (QED) is 0.0385. The summed E-state index contributed by atoms with van der Waals surface area (Å²) in [4.78, 5) is 38.2. The first kappa shape index (κ1) is 47.7. The molecule has 0 aliphatic carbocycles. The van der Waals surface area contributed by atoms with Gasteiger partial charge in [-0.3, -0.25) is 14.4 Å². The topological polar surface area (TPSA) is 78.9 Å². The zero-order chi connectivity index (χ0) is 37.7. The van der Waals surface area contributed by atoms with Crippen molar-refractivity contribution >= 4 is 17.9 Å². The van der Waals surface area contributed by atoms with Crippen LogP contribution in [0.2, 0.25) is 0 Å². The molecule has 0 unspecified atom stereocenters. The highest BCUT2D eigenvalue weighted by molar-refractivity contribution is 5.76. The highest BCUT2D eigenvalue weighted by Gasteiger charge is 2.14. The number of carbonyl (C=O) groups is 3. The normalized spacial score (nSPS) is 11.1. The third-order valence-corrected chi connectivity index (χ3v) is 10.0. The van der Waals surface area contributed by atoms with Crippen LogP contribution in [0.15, 0.2) is 18.2 Å². The zero-order valence-electron chi connectivity index (χ0n) is 34.2. The van der Waals surface area contributed by atoms with Gasteiger partial charge in [0.2, 0.25) is 0 Å². The van der Waals surface area contributed by atoms with Crippen molar-refractivity contribution in [3.63, 3.8) is 0 Å². The summed E-state index contributed by atoms with van der Waals surface area (Å²) in [6.07, 6.45) is 38.3. The summed E-state index contributed by atoms with van der Waals surface area (Å²) in [5, 5.41) is 0. The molecule has 300 valence electrons. The maximum atomic E-state index is 12.7.